The van der Waals surface area contributed by atoms with Crippen molar-refractivity contribution in [3.05, 3.63) is 23.8 Å². The lowest BCUT2D eigenvalue weighted by molar-refractivity contribution is -0.193. The maximum Gasteiger partial charge on any atom is 0.490 e. The number of nitrogens with one attached hydrogen (secondary N) is 1. The Morgan fingerprint density at radius 3 is 2.03 bits per heavy atom. The number of rotatable bonds is 4. The van der Waals surface area contributed by atoms with Crippen molar-refractivity contribution >= 4 is 17.8 Å². The number of carboxylic acid groups (broad SMARTS) is 2. The molecule has 3 N–H and O–H groups in total. The first-order valence-corrected chi connectivity index (χ1v) is 11.7. The molecule has 3 heterocycles. The average Bonchev–Trinajstić information content (AvgIpc) is 3.51. The van der Waals surface area contributed by atoms with Crippen LogP contribution >= 0.6 is 0 Å². The summed E-state index contributed by atoms with van der Waals surface area (Å²) in [6.45, 7) is 7.69. The van der Waals surface area contributed by atoms with Gasteiger partial charge in [0.15, 0.2) is 11.5 Å². The van der Waals surface area contributed by atoms with E-state index in [0.717, 1.165) is 37.6 Å². The normalized spacial score (nSPS) is 22.4. The van der Waals surface area contributed by atoms with Crippen LogP contribution in [0.4, 0.5) is 26.3 Å². The first kappa shape index (κ1) is 31.9. The maximum absolute atomic E-state index is 12.2. The predicted molar refractivity (Wildman–Crippen MR) is 122 cm³/mol. The van der Waals surface area contributed by atoms with Crippen LogP contribution in [0.25, 0.3) is 0 Å². The molecule has 3 aliphatic heterocycles. The molecule has 3 atom stereocenters. The first-order valence-electron chi connectivity index (χ1n) is 11.7. The summed E-state index contributed by atoms with van der Waals surface area (Å²) in [7, 11) is 1.74. The molecule has 16 heteroatoms. The third-order valence-corrected chi connectivity index (χ3v) is 6.22. The van der Waals surface area contributed by atoms with Gasteiger partial charge in [0.05, 0.1) is 6.04 Å². The second-order valence-corrected chi connectivity index (χ2v) is 9.22. The maximum atomic E-state index is 12.2. The van der Waals surface area contributed by atoms with Crippen LogP contribution in [0.3, 0.4) is 0 Å². The quantitative estimate of drug-likeness (QED) is 0.466. The van der Waals surface area contributed by atoms with E-state index in [2.05, 4.69) is 41.1 Å². The Morgan fingerprint density at radius 1 is 1.00 bits per heavy atom. The Hall–Kier alpha value is -3.27. The van der Waals surface area contributed by atoms with E-state index in [-0.39, 0.29) is 11.9 Å². The highest BCUT2D eigenvalue weighted by molar-refractivity contribution is 5.82. The van der Waals surface area contributed by atoms with E-state index in [4.69, 9.17) is 29.3 Å². The zero-order chi connectivity index (χ0) is 29.7. The summed E-state index contributed by atoms with van der Waals surface area (Å²) >= 11 is 0. The lowest BCUT2D eigenvalue weighted by Gasteiger charge is -2.33. The summed E-state index contributed by atoms with van der Waals surface area (Å²) in [5.74, 6) is -3.11. The molecule has 220 valence electrons. The van der Waals surface area contributed by atoms with Crippen LogP contribution in [0.1, 0.15) is 25.8 Å². The van der Waals surface area contributed by atoms with Gasteiger partial charge < -0.3 is 25.0 Å². The van der Waals surface area contributed by atoms with Crippen molar-refractivity contribution in [1.82, 2.24) is 15.1 Å². The van der Waals surface area contributed by atoms with E-state index < -0.39 is 24.3 Å². The number of carbonyl (C=O) groups is 3. The largest absolute Gasteiger partial charge is 0.490 e. The van der Waals surface area contributed by atoms with Crippen LogP contribution in [0, 0.1) is 5.92 Å². The van der Waals surface area contributed by atoms with E-state index in [1.165, 1.54) is 5.56 Å². The summed E-state index contributed by atoms with van der Waals surface area (Å²) in [6.07, 6.45) is -9.21. The van der Waals surface area contributed by atoms with Crippen molar-refractivity contribution in [2.45, 2.75) is 57.3 Å². The SMILES string of the molecule is CNC(=O)[C@H]1C[C@@H]2CN(Cc3ccc4c(c3)OCO4)C[C@@H]2N1C(C)C.O=C(O)C(F)(F)F.O=C(O)C(F)(F)F. The van der Waals surface area contributed by atoms with Crippen molar-refractivity contribution in [2.75, 3.05) is 26.9 Å². The molecule has 1 amide bonds. The fourth-order valence-electron chi connectivity index (χ4n) is 4.73. The van der Waals surface area contributed by atoms with Crippen molar-refractivity contribution < 1.29 is 60.4 Å². The molecule has 0 unspecified atom stereocenters. The van der Waals surface area contributed by atoms with Crippen LogP contribution in [-0.2, 0) is 20.9 Å². The molecule has 0 aliphatic carbocycles. The van der Waals surface area contributed by atoms with Crippen LogP contribution in [0.5, 0.6) is 11.5 Å². The van der Waals surface area contributed by atoms with Gasteiger partial charge >= 0.3 is 24.3 Å². The van der Waals surface area contributed by atoms with E-state index in [1.54, 1.807) is 7.05 Å². The highest BCUT2D eigenvalue weighted by atomic mass is 19.4. The molecule has 0 aromatic heterocycles. The number of fused-ring (bicyclic) bond motifs is 2. The second kappa shape index (κ2) is 12.7. The number of likely N-dealkylation sites (N-methyl/N-ethyl adjacent to an activating group) is 1. The number of benzene rings is 1. The zero-order valence-electron chi connectivity index (χ0n) is 21.2. The Morgan fingerprint density at radius 2 is 1.54 bits per heavy atom. The number of alkyl halides is 6. The molecular weight excluding hydrogens is 544 g/mol. The number of halogens is 6. The van der Waals surface area contributed by atoms with Gasteiger partial charge in [-0.25, -0.2) is 9.59 Å². The Bertz CT molecular complexity index is 1010. The molecule has 1 aromatic rings. The van der Waals surface area contributed by atoms with Gasteiger partial charge in [0.25, 0.3) is 0 Å². The Balaban J connectivity index is 0.000000317. The van der Waals surface area contributed by atoms with Crippen LogP contribution in [-0.4, -0.2) is 95.3 Å². The minimum absolute atomic E-state index is 0.0210. The van der Waals surface area contributed by atoms with Crippen molar-refractivity contribution in [3.8, 4) is 11.5 Å². The first-order chi connectivity index (χ1) is 17.9. The summed E-state index contributed by atoms with van der Waals surface area (Å²) in [6, 6.07) is 7.07. The average molecular weight is 573 g/mol. The van der Waals surface area contributed by atoms with Gasteiger partial charge in [-0.15, -0.1) is 0 Å². The van der Waals surface area contributed by atoms with Gasteiger partial charge in [-0.1, -0.05) is 6.07 Å². The third kappa shape index (κ3) is 8.61. The molecule has 0 bridgehead atoms. The molecule has 10 nitrogen and oxygen atoms in total. The van der Waals surface area contributed by atoms with Gasteiger partial charge in [-0.3, -0.25) is 14.6 Å². The second-order valence-electron chi connectivity index (χ2n) is 9.22. The highest BCUT2D eigenvalue weighted by Gasteiger charge is 2.49. The topological polar surface area (TPSA) is 129 Å². The number of carbonyl (C=O) groups excluding carboxylic acids is 1. The van der Waals surface area contributed by atoms with E-state index in [0.29, 0.717) is 24.8 Å². The molecule has 2 fully saturated rings. The molecule has 0 radical (unpaired) electrons. The zero-order valence-corrected chi connectivity index (χ0v) is 21.2. The fourth-order valence-corrected chi connectivity index (χ4v) is 4.73. The standard InChI is InChI=1S/C19H27N3O3.2C2HF3O2/c1-12(2)22-15(19(23)20-3)7-14-9-21(10-16(14)22)8-13-4-5-17-18(6-13)25-11-24-17;2*3-2(4,5)1(6)7/h4-6,12,14-16H,7-11H2,1-3H3,(H,20,23);2*(H,6,7)/t14-,15-,16+;;/m1../s1. The fraction of sp³-hybridized carbons (Fsp3) is 0.609. The molecule has 2 saturated heterocycles. The number of carboxylic acids is 2. The molecule has 39 heavy (non-hydrogen) atoms. The lowest BCUT2D eigenvalue weighted by Crippen LogP contribution is -2.50. The van der Waals surface area contributed by atoms with Gasteiger partial charge in [-0.05, 0) is 43.9 Å². The highest BCUT2D eigenvalue weighted by Crippen LogP contribution is 2.38. The molecule has 4 rings (SSSR count). The van der Waals surface area contributed by atoms with Crippen molar-refractivity contribution in [1.29, 1.82) is 0 Å². The number of aliphatic carboxylic acids is 2. The van der Waals surface area contributed by atoms with Crippen molar-refractivity contribution in [3.63, 3.8) is 0 Å². The number of ether oxygens (including phenoxy) is 2. The van der Waals surface area contributed by atoms with Gasteiger partial charge in [0, 0.05) is 38.8 Å². The van der Waals surface area contributed by atoms with Gasteiger partial charge in [0.1, 0.15) is 0 Å². The summed E-state index contributed by atoms with van der Waals surface area (Å²) in [5.41, 5.74) is 1.25. The number of hydrogen-bond donors (Lipinski definition) is 3. The van der Waals surface area contributed by atoms with Gasteiger partial charge in [-0.2, -0.15) is 26.3 Å². The molecule has 3 aliphatic rings. The minimum Gasteiger partial charge on any atom is -0.475 e. The number of nitrogens with zero attached hydrogens (tertiary/aromatic N) is 2. The van der Waals surface area contributed by atoms with E-state index >= 15 is 0 Å². The minimum atomic E-state index is -5.08. The molecular formula is C23H29F6N3O7. The lowest BCUT2D eigenvalue weighted by atomic mass is 10.0. The van der Waals surface area contributed by atoms with Crippen molar-refractivity contribution in [2.24, 2.45) is 5.92 Å². The summed E-state index contributed by atoms with van der Waals surface area (Å²) < 4.78 is 74.3. The van der Waals surface area contributed by atoms with Crippen LogP contribution in [0.15, 0.2) is 18.2 Å². The number of hydrogen-bond acceptors (Lipinski definition) is 7. The summed E-state index contributed by atoms with van der Waals surface area (Å²) in [4.78, 5) is 35.0. The van der Waals surface area contributed by atoms with Crippen LogP contribution < -0.4 is 14.8 Å². The Labute approximate surface area is 219 Å². The van der Waals surface area contributed by atoms with Crippen LogP contribution in [0.2, 0.25) is 0 Å². The number of amides is 1. The monoisotopic (exact) mass is 573 g/mol. The third-order valence-electron chi connectivity index (χ3n) is 6.22. The molecule has 0 spiro atoms. The van der Waals surface area contributed by atoms with E-state index in [9.17, 15) is 31.1 Å². The Kier molecular flexibility index (Phi) is 10.4. The van der Waals surface area contributed by atoms with Gasteiger partial charge in [0.2, 0.25) is 12.7 Å². The molecule has 1 aromatic carbocycles. The molecule has 0 saturated carbocycles. The smallest absolute Gasteiger partial charge is 0.475 e. The predicted octanol–water partition coefficient (Wildman–Crippen LogP) is 2.71. The summed E-state index contributed by atoms with van der Waals surface area (Å²) in [5, 5.41) is 17.1. The number of likely N-dealkylation sites (tertiary alicyclic amines) is 2. The van der Waals surface area contributed by atoms with E-state index in [1.807, 2.05) is 6.07 Å².